The fourth-order valence-electron chi connectivity index (χ4n) is 2.14. The third kappa shape index (κ3) is 3.30. The van der Waals surface area contributed by atoms with Gasteiger partial charge in [-0.05, 0) is 34.3 Å². The number of ether oxygens (including phenoxy) is 1. The smallest absolute Gasteiger partial charge is 0.286 e. The number of hydrogen-bond donors (Lipinski definition) is 0. The molecule has 2 aromatic carbocycles. The van der Waals surface area contributed by atoms with Gasteiger partial charge in [0.05, 0.1) is 17.0 Å². The Kier molecular flexibility index (Phi) is 5.22. The van der Waals surface area contributed by atoms with Crippen molar-refractivity contribution in [1.82, 2.24) is 0 Å². The van der Waals surface area contributed by atoms with Crippen LogP contribution in [0.5, 0.6) is 5.75 Å². The van der Waals surface area contributed by atoms with Gasteiger partial charge in [0.2, 0.25) is 0 Å². The molecule has 2 rings (SSSR count). The van der Waals surface area contributed by atoms with Crippen molar-refractivity contribution in [3.05, 3.63) is 55.0 Å². The third-order valence-electron chi connectivity index (χ3n) is 3.15. The van der Waals surface area contributed by atoms with Gasteiger partial charge in [-0.15, -0.1) is 11.8 Å². The molecule has 0 atom stereocenters. The lowest BCUT2D eigenvalue weighted by molar-refractivity contribution is -0.387. The molecule has 2 aromatic rings. The molecule has 0 aliphatic heterocycles. The van der Waals surface area contributed by atoms with Crippen LogP contribution in [0, 0.1) is 20.2 Å². The summed E-state index contributed by atoms with van der Waals surface area (Å²) in [5, 5.41) is 22.0. The molecule has 0 spiro atoms. The van der Waals surface area contributed by atoms with Crippen LogP contribution in [0.25, 0.3) is 11.1 Å². The zero-order valence-electron chi connectivity index (χ0n) is 12.1. The van der Waals surface area contributed by atoms with Crippen LogP contribution >= 0.6 is 27.7 Å². The molecule has 23 heavy (non-hydrogen) atoms. The summed E-state index contributed by atoms with van der Waals surface area (Å²) >= 11 is 4.52. The van der Waals surface area contributed by atoms with Gasteiger partial charge in [-0.2, -0.15) is 0 Å². The Morgan fingerprint density at radius 1 is 1.09 bits per heavy atom. The van der Waals surface area contributed by atoms with Gasteiger partial charge in [-0.25, -0.2) is 0 Å². The molecule has 0 aliphatic rings. The van der Waals surface area contributed by atoms with E-state index in [0.717, 1.165) is 0 Å². The van der Waals surface area contributed by atoms with Crippen LogP contribution in [0.2, 0.25) is 0 Å². The maximum absolute atomic E-state index is 11.1. The number of nitro groups is 2. The molecule has 0 saturated carbocycles. The van der Waals surface area contributed by atoms with Crippen molar-refractivity contribution in [3.8, 4) is 16.9 Å². The first-order valence-corrected chi connectivity index (χ1v) is 8.26. The minimum Gasteiger partial charge on any atom is -0.495 e. The Balaban J connectivity index is 2.69. The summed E-state index contributed by atoms with van der Waals surface area (Å²) in [6.45, 7) is 0. The number of non-ortho nitro benzene ring substituents is 1. The van der Waals surface area contributed by atoms with Gasteiger partial charge in [-0.1, -0.05) is 0 Å². The molecule has 7 nitrogen and oxygen atoms in total. The highest BCUT2D eigenvalue weighted by Crippen LogP contribution is 2.45. The van der Waals surface area contributed by atoms with E-state index in [9.17, 15) is 20.2 Å². The summed E-state index contributed by atoms with van der Waals surface area (Å²) in [5.74, 6) is 0.362. The van der Waals surface area contributed by atoms with Crippen LogP contribution in [-0.2, 0) is 0 Å². The predicted molar refractivity (Wildman–Crippen MR) is 91.2 cm³/mol. The molecule has 0 saturated heterocycles. The van der Waals surface area contributed by atoms with Crippen molar-refractivity contribution in [3.63, 3.8) is 0 Å². The number of nitro benzene ring substituents is 2. The van der Waals surface area contributed by atoms with Gasteiger partial charge in [0.25, 0.3) is 11.4 Å². The highest BCUT2D eigenvalue weighted by Gasteiger charge is 2.23. The molecule has 0 N–H and O–H groups in total. The molecular formula is C14H11BrN2O5S. The zero-order valence-corrected chi connectivity index (χ0v) is 14.5. The largest absolute Gasteiger partial charge is 0.495 e. The van der Waals surface area contributed by atoms with Crippen LogP contribution < -0.4 is 4.74 Å². The monoisotopic (exact) mass is 398 g/mol. The summed E-state index contributed by atoms with van der Waals surface area (Å²) in [7, 11) is 1.43. The maximum Gasteiger partial charge on any atom is 0.286 e. The minimum atomic E-state index is -0.491. The van der Waals surface area contributed by atoms with Gasteiger partial charge >= 0.3 is 0 Å². The van der Waals surface area contributed by atoms with Crippen molar-refractivity contribution in [2.45, 2.75) is 4.90 Å². The second-order valence-electron chi connectivity index (χ2n) is 4.38. The fourth-order valence-corrected chi connectivity index (χ4v) is 3.45. The molecule has 0 unspecified atom stereocenters. The number of methoxy groups -OCH3 is 1. The number of hydrogen-bond acceptors (Lipinski definition) is 6. The average molecular weight is 399 g/mol. The normalized spacial score (nSPS) is 10.4. The zero-order chi connectivity index (χ0) is 17.1. The Morgan fingerprint density at radius 3 is 2.22 bits per heavy atom. The Labute approximate surface area is 144 Å². The Morgan fingerprint density at radius 2 is 1.74 bits per heavy atom. The SMILES string of the molecule is COc1c(-c2ccc([N+](=O)[O-])cc2Br)ccc([N+](=O)[O-])c1SC. The van der Waals surface area contributed by atoms with E-state index in [4.69, 9.17) is 4.74 Å². The lowest BCUT2D eigenvalue weighted by atomic mass is 10.0. The van der Waals surface area contributed by atoms with Crippen LogP contribution in [-0.4, -0.2) is 23.2 Å². The second kappa shape index (κ2) is 6.97. The number of benzene rings is 2. The summed E-state index contributed by atoms with van der Waals surface area (Å²) < 4.78 is 5.87. The van der Waals surface area contributed by atoms with E-state index in [2.05, 4.69) is 15.9 Å². The van der Waals surface area contributed by atoms with Crippen LogP contribution in [0.15, 0.2) is 39.7 Å². The van der Waals surface area contributed by atoms with Crippen LogP contribution in [0.1, 0.15) is 0 Å². The van der Waals surface area contributed by atoms with Crippen LogP contribution in [0.4, 0.5) is 11.4 Å². The molecule has 0 amide bonds. The van der Waals surface area contributed by atoms with Crippen LogP contribution in [0.3, 0.4) is 0 Å². The van der Waals surface area contributed by atoms with Crippen molar-refractivity contribution in [1.29, 1.82) is 0 Å². The van der Waals surface area contributed by atoms with E-state index in [1.807, 2.05) is 0 Å². The first kappa shape index (κ1) is 17.2. The van der Waals surface area contributed by atoms with E-state index in [0.29, 0.717) is 26.2 Å². The fraction of sp³-hybridized carbons (Fsp3) is 0.143. The average Bonchev–Trinajstić information content (AvgIpc) is 2.52. The second-order valence-corrected chi connectivity index (χ2v) is 6.05. The first-order chi connectivity index (χ1) is 10.9. The van der Waals surface area contributed by atoms with E-state index in [1.54, 1.807) is 18.4 Å². The van der Waals surface area contributed by atoms with Crippen molar-refractivity contribution < 1.29 is 14.6 Å². The standard InChI is InChI=1S/C14H11BrN2O5S/c1-22-13-10(5-6-12(17(20)21)14(13)23-2)9-4-3-8(16(18)19)7-11(9)15/h3-7H,1-2H3. The Hall–Kier alpha value is -2.13. The number of halogens is 1. The predicted octanol–water partition coefficient (Wildman–Crippen LogP) is 4.66. The van der Waals surface area contributed by atoms with Gasteiger partial charge in [0.1, 0.15) is 10.6 Å². The van der Waals surface area contributed by atoms with E-state index < -0.39 is 9.85 Å². The summed E-state index contributed by atoms with van der Waals surface area (Å²) in [4.78, 5) is 21.4. The lowest BCUT2D eigenvalue weighted by Gasteiger charge is -2.13. The molecule has 0 aromatic heterocycles. The maximum atomic E-state index is 11.1. The molecule has 0 radical (unpaired) electrons. The molecule has 0 aliphatic carbocycles. The molecule has 0 bridgehead atoms. The molecule has 0 heterocycles. The minimum absolute atomic E-state index is 0.0452. The van der Waals surface area contributed by atoms with E-state index >= 15 is 0 Å². The highest BCUT2D eigenvalue weighted by atomic mass is 79.9. The molecular weight excluding hydrogens is 388 g/mol. The quantitative estimate of drug-likeness (QED) is 0.412. The van der Waals surface area contributed by atoms with Gasteiger partial charge in [-0.3, -0.25) is 20.2 Å². The Bertz CT molecular complexity index is 797. The summed E-state index contributed by atoms with van der Waals surface area (Å²) in [6.07, 6.45) is 1.72. The lowest BCUT2D eigenvalue weighted by Crippen LogP contribution is -1.97. The number of nitrogens with zero attached hydrogens (tertiary/aromatic N) is 2. The first-order valence-electron chi connectivity index (χ1n) is 6.24. The van der Waals surface area contributed by atoms with E-state index in [-0.39, 0.29) is 11.4 Å². The topological polar surface area (TPSA) is 95.5 Å². The number of rotatable bonds is 5. The van der Waals surface area contributed by atoms with E-state index in [1.165, 1.54) is 37.1 Å². The van der Waals surface area contributed by atoms with Crippen molar-refractivity contribution in [2.24, 2.45) is 0 Å². The van der Waals surface area contributed by atoms with Gasteiger partial charge in [0, 0.05) is 33.8 Å². The highest BCUT2D eigenvalue weighted by molar-refractivity contribution is 9.10. The molecule has 0 fully saturated rings. The van der Waals surface area contributed by atoms with Gasteiger partial charge in [0.15, 0.2) is 0 Å². The van der Waals surface area contributed by atoms with Crippen molar-refractivity contribution >= 4 is 39.1 Å². The molecule has 120 valence electrons. The third-order valence-corrected chi connectivity index (χ3v) is 4.61. The van der Waals surface area contributed by atoms with Gasteiger partial charge < -0.3 is 4.74 Å². The van der Waals surface area contributed by atoms with Crippen molar-refractivity contribution in [2.75, 3.05) is 13.4 Å². The molecule has 9 heteroatoms. The number of thioether (sulfide) groups is 1. The summed E-state index contributed by atoms with van der Waals surface area (Å²) in [6, 6.07) is 7.31. The summed E-state index contributed by atoms with van der Waals surface area (Å²) in [5.41, 5.74) is 1.17.